The van der Waals surface area contributed by atoms with Gasteiger partial charge in [-0.15, -0.1) is 0 Å². The number of carboxylic acids is 1. The summed E-state index contributed by atoms with van der Waals surface area (Å²) in [6, 6.07) is 4.24. The van der Waals surface area contributed by atoms with Crippen molar-refractivity contribution in [2.45, 2.75) is 31.8 Å². The molecule has 0 aliphatic carbocycles. The molecule has 2 rings (SSSR count). The monoisotopic (exact) mass is 343 g/mol. The van der Waals surface area contributed by atoms with E-state index in [2.05, 4.69) is 0 Å². The summed E-state index contributed by atoms with van der Waals surface area (Å²) < 4.78 is 19.3. The lowest BCUT2D eigenvalue weighted by Gasteiger charge is -2.25. The van der Waals surface area contributed by atoms with Gasteiger partial charge in [0.1, 0.15) is 5.82 Å². The van der Waals surface area contributed by atoms with Crippen LogP contribution < -0.4 is 0 Å². The summed E-state index contributed by atoms with van der Waals surface area (Å²) >= 11 is 5.95. The topological polar surface area (TPSA) is 66.8 Å². The van der Waals surface area contributed by atoms with E-state index in [-0.39, 0.29) is 42.0 Å². The third kappa shape index (κ3) is 5.18. The fourth-order valence-corrected chi connectivity index (χ4v) is 2.78. The molecule has 0 saturated carbocycles. The Morgan fingerprint density at radius 1 is 1.43 bits per heavy atom. The first-order chi connectivity index (χ1) is 11.0. The Kier molecular flexibility index (Phi) is 6.36. The zero-order chi connectivity index (χ0) is 16.8. The van der Waals surface area contributed by atoms with Crippen LogP contribution in [0.4, 0.5) is 4.39 Å². The highest BCUT2D eigenvalue weighted by Crippen LogP contribution is 2.21. The van der Waals surface area contributed by atoms with Gasteiger partial charge in [-0.3, -0.25) is 9.59 Å². The minimum atomic E-state index is -0.987. The third-order valence-corrected chi connectivity index (χ3v) is 4.14. The third-order valence-electron chi connectivity index (χ3n) is 3.79. The molecule has 1 amide bonds. The molecule has 1 fully saturated rings. The number of nitrogens with zero attached hydrogens (tertiary/aromatic N) is 1. The lowest BCUT2D eigenvalue weighted by Crippen LogP contribution is -2.39. The molecule has 0 spiro atoms. The lowest BCUT2D eigenvalue weighted by molar-refractivity contribution is -0.139. The van der Waals surface area contributed by atoms with Crippen molar-refractivity contribution in [3.8, 4) is 0 Å². The van der Waals surface area contributed by atoms with Crippen molar-refractivity contribution in [3.63, 3.8) is 0 Å². The first-order valence-corrected chi connectivity index (χ1v) is 7.89. The van der Waals surface area contributed by atoms with Crippen LogP contribution in [0.3, 0.4) is 0 Å². The summed E-state index contributed by atoms with van der Waals surface area (Å²) in [6.07, 6.45) is 1.30. The summed E-state index contributed by atoms with van der Waals surface area (Å²) in [5, 5.41) is 9.02. The molecule has 1 heterocycles. The number of hydrogen-bond donors (Lipinski definition) is 1. The first kappa shape index (κ1) is 17.7. The van der Waals surface area contributed by atoms with Crippen molar-refractivity contribution < 1.29 is 23.8 Å². The highest BCUT2D eigenvalue weighted by Gasteiger charge is 2.24. The van der Waals surface area contributed by atoms with Crippen LogP contribution in [0.15, 0.2) is 18.2 Å². The van der Waals surface area contributed by atoms with Gasteiger partial charge in [-0.1, -0.05) is 17.7 Å². The zero-order valence-corrected chi connectivity index (χ0v) is 13.4. The predicted octanol–water partition coefficient (Wildman–Crippen LogP) is 2.50. The standard InChI is InChI=1S/C16H19ClFNO4/c17-13-4-1-5-14(18)12(13)9-15(20)19(7-6-16(21)22)10-11-3-2-8-23-11/h1,4-5,11H,2-3,6-10H2,(H,21,22). The second-order valence-corrected chi connectivity index (χ2v) is 5.90. The van der Waals surface area contributed by atoms with Crippen molar-refractivity contribution in [3.05, 3.63) is 34.6 Å². The van der Waals surface area contributed by atoms with Crippen LogP contribution in [-0.4, -0.2) is 47.7 Å². The minimum absolute atomic E-state index is 0.0695. The number of benzene rings is 1. The van der Waals surface area contributed by atoms with Crippen molar-refractivity contribution in [2.24, 2.45) is 0 Å². The Bertz CT molecular complexity index is 555. The molecule has 5 nitrogen and oxygen atoms in total. The highest BCUT2D eigenvalue weighted by molar-refractivity contribution is 6.31. The lowest BCUT2D eigenvalue weighted by atomic mass is 10.1. The molecule has 0 bridgehead atoms. The second-order valence-electron chi connectivity index (χ2n) is 5.50. The van der Waals surface area contributed by atoms with Gasteiger partial charge in [0.25, 0.3) is 0 Å². The van der Waals surface area contributed by atoms with Gasteiger partial charge in [0.05, 0.1) is 18.9 Å². The van der Waals surface area contributed by atoms with Gasteiger partial charge in [0.2, 0.25) is 5.91 Å². The maximum absolute atomic E-state index is 13.8. The molecular formula is C16H19ClFNO4. The van der Waals surface area contributed by atoms with E-state index in [4.69, 9.17) is 21.4 Å². The SMILES string of the molecule is O=C(O)CCN(CC1CCCO1)C(=O)Cc1c(F)cccc1Cl. The summed E-state index contributed by atoms with van der Waals surface area (Å²) in [5.41, 5.74) is 0.131. The van der Waals surface area contributed by atoms with Gasteiger partial charge in [-0.2, -0.15) is 0 Å². The largest absolute Gasteiger partial charge is 0.481 e. The molecule has 1 aliphatic rings. The molecule has 1 saturated heterocycles. The normalized spacial score (nSPS) is 17.2. The van der Waals surface area contributed by atoms with Crippen LogP contribution in [0.1, 0.15) is 24.8 Å². The van der Waals surface area contributed by atoms with Gasteiger partial charge in [0, 0.05) is 30.3 Å². The van der Waals surface area contributed by atoms with Gasteiger partial charge in [-0.25, -0.2) is 4.39 Å². The number of rotatable bonds is 7. The average Bonchev–Trinajstić information content (AvgIpc) is 3.00. The Labute approximate surface area is 139 Å². The quantitative estimate of drug-likeness (QED) is 0.826. The molecule has 0 aromatic heterocycles. The van der Waals surface area contributed by atoms with Crippen LogP contribution in [0.5, 0.6) is 0 Å². The van der Waals surface area contributed by atoms with E-state index in [1.165, 1.54) is 23.1 Å². The number of carboxylic acid groups (broad SMARTS) is 1. The molecular weight excluding hydrogens is 325 g/mol. The Morgan fingerprint density at radius 3 is 2.83 bits per heavy atom. The van der Waals surface area contributed by atoms with E-state index in [1.807, 2.05) is 0 Å². The summed E-state index contributed by atoms with van der Waals surface area (Å²) in [5.74, 6) is -1.88. The maximum atomic E-state index is 13.8. The Balaban J connectivity index is 2.06. The molecule has 0 radical (unpaired) electrons. The van der Waals surface area contributed by atoms with Crippen molar-refractivity contribution in [1.29, 1.82) is 0 Å². The van der Waals surface area contributed by atoms with Crippen molar-refractivity contribution in [2.75, 3.05) is 19.7 Å². The Hall–Kier alpha value is -1.66. The smallest absolute Gasteiger partial charge is 0.305 e. The van der Waals surface area contributed by atoms with E-state index < -0.39 is 11.8 Å². The second kappa shape index (κ2) is 8.26. The maximum Gasteiger partial charge on any atom is 0.305 e. The van der Waals surface area contributed by atoms with Crippen LogP contribution in [0, 0.1) is 5.82 Å². The molecule has 1 aliphatic heterocycles. The fraction of sp³-hybridized carbons (Fsp3) is 0.500. The molecule has 1 aromatic carbocycles. The van der Waals surface area contributed by atoms with E-state index >= 15 is 0 Å². The Morgan fingerprint density at radius 2 is 2.22 bits per heavy atom. The summed E-state index contributed by atoms with van der Waals surface area (Å²) in [4.78, 5) is 24.7. The van der Waals surface area contributed by atoms with Crippen molar-refractivity contribution in [1.82, 2.24) is 4.90 Å². The predicted molar refractivity (Wildman–Crippen MR) is 82.9 cm³/mol. The number of carbonyl (C=O) groups excluding carboxylic acids is 1. The fourth-order valence-electron chi connectivity index (χ4n) is 2.55. The minimum Gasteiger partial charge on any atom is -0.481 e. The van der Waals surface area contributed by atoms with E-state index in [0.717, 1.165) is 12.8 Å². The number of amides is 1. The number of carbonyl (C=O) groups is 2. The molecule has 1 unspecified atom stereocenters. The molecule has 126 valence electrons. The van der Waals surface area contributed by atoms with E-state index in [9.17, 15) is 14.0 Å². The van der Waals surface area contributed by atoms with Gasteiger partial charge in [0.15, 0.2) is 0 Å². The molecule has 7 heteroatoms. The van der Waals surface area contributed by atoms with Crippen molar-refractivity contribution >= 4 is 23.5 Å². The highest BCUT2D eigenvalue weighted by atomic mass is 35.5. The zero-order valence-electron chi connectivity index (χ0n) is 12.6. The van der Waals surface area contributed by atoms with E-state index in [0.29, 0.717) is 13.2 Å². The van der Waals surface area contributed by atoms with Gasteiger partial charge >= 0.3 is 5.97 Å². The van der Waals surface area contributed by atoms with Crippen LogP contribution in [-0.2, 0) is 20.7 Å². The summed E-state index contributed by atoms with van der Waals surface area (Å²) in [6.45, 7) is 1.03. The van der Waals surface area contributed by atoms with Gasteiger partial charge < -0.3 is 14.7 Å². The van der Waals surface area contributed by atoms with Crippen LogP contribution >= 0.6 is 11.6 Å². The number of halogens is 2. The molecule has 1 N–H and O–H groups in total. The molecule has 23 heavy (non-hydrogen) atoms. The number of hydrogen-bond acceptors (Lipinski definition) is 3. The number of aliphatic carboxylic acids is 1. The number of ether oxygens (including phenoxy) is 1. The van der Waals surface area contributed by atoms with E-state index in [1.54, 1.807) is 0 Å². The van der Waals surface area contributed by atoms with Gasteiger partial charge in [-0.05, 0) is 25.0 Å². The van der Waals surface area contributed by atoms with Crippen LogP contribution in [0.25, 0.3) is 0 Å². The average molecular weight is 344 g/mol. The van der Waals surface area contributed by atoms with Crippen LogP contribution in [0.2, 0.25) is 5.02 Å². The summed E-state index contributed by atoms with van der Waals surface area (Å²) in [7, 11) is 0. The molecule has 1 aromatic rings. The molecule has 1 atom stereocenters. The first-order valence-electron chi connectivity index (χ1n) is 7.51.